The minimum absolute atomic E-state index is 0.170. The van der Waals surface area contributed by atoms with Crippen LogP contribution in [-0.2, 0) is 13.1 Å². The van der Waals surface area contributed by atoms with E-state index >= 15 is 0 Å². The molecule has 2 aromatic carbocycles. The van der Waals surface area contributed by atoms with Gasteiger partial charge in [0.25, 0.3) is 5.56 Å². The molecule has 1 atom stereocenters. The lowest BCUT2D eigenvalue weighted by atomic mass is 10.1. The van der Waals surface area contributed by atoms with Crippen LogP contribution in [0.3, 0.4) is 0 Å². The first-order valence-corrected chi connectivity index (χ1v) is 10.1. The Morgan fingerprint density at radius 1 is 1.06 bits per heavy atom. The number of rotatable bonds is 7. The predicted molar refractivity (Wildman–Crippen MR) is 119 cm³/mol. The van der Waals surface area contributed by atoms with E-state index in [0.717, 1.165) is 16.5 Å². The molecule has 158 valence electrons. The molecule has 1 unspecified atom stereocenters. The molecule has 0 saturated heterocycles. The fraction of sp³-hybridized carbons (Fsp3) is 0.200. The van der Waals surface area contributed by atoms with Gasteiger partial charge in [-0.2, -0.15) is 0 Å². The molecule has 0 amide bonds. The SMILES string of the molecule is CN(Cc1cc2ccc(F)cc2n(Cc2ccncc2)c1=O)CC(O)c1ccccc1. The Hall–Kier alpha value is -3.35. The number of hydrogen-bond acceptors (Lipinski definition) is 4. The van der Waals surface area contributed by atoms with Gasteiger partial charge in [-0.3, -0.25) is 14.7 Å². The van der Waals surface area contributed by atoms with Crippen LogP contribution in [0.4, 0.5) is 4.39 Å². The maximum Gasteiger partial charge on any atom is 0.255 e. The molecule has 0 radical (unpaired) electrons. The quantitative estimate of drug-likeness (QED) is 0.498. The van der Waals surface area contributed by atoms with Gasteiger partial charge in [0.15, 0.2) is 0 Å². The smallest absolute Gasteiger partial charge is 0.255 e. The fourth-order valence-electron chi connectivity index (χ4n) is 3.78. The third-order valence-electron chi connectivity index (χ3n) is 5.33. The summed E-state index contributed by atoms with van der Waals surface area (Å²) in [6.45, 7) is 1.08. The Balaban J connectivity index is 1.65. The van der Waals surface area contributed by atoms with Gasteiger partial charge in [-0.25, -0.2) is 4.39 Å². The second kappa shape index (κ2) is 9.20. The summed E-state index contributed by atoms with van der Waals surface area (Å²) in [7, 11) is 1.87. The molecular weight excluding hydrogens is 393 g/mol. The van der Waals surface area contributed by atoms with Crippen LogP contribution in [0, 0.1) is 5.82 Å². The van der Waals surface area contributed by atoms with Crippen molar-refractivity contribution in [3.8, 4) is 0 Å². The molecule has 5 nitrogen and oxygen atoms in total. The van der Waals surface area contributed by atoms with Crippen molar-refractivity contribution in [3.63, 3.8) is 0 Å². The zero-order valence-electron chi connectivity index (χ0n) is 17.3. The average molecular weight is 417 g/mol. The van der Waals surface area contributed by atoms with Crippen molar-refractivity contribution < 1.29 is 9.50 Å². The minimum Gasteiger partial charge on any atom is -0.387 e. The van der Waals surface area contributed by atoms with Crippen molar-refractivity contribution in [2.75, 3.05) is 13.6 Å². The Morgan fingerprint density at radius 2 is 1.81 bits per heavy atom. The van der Waals surface area contributed by atoms with Gasteiger partial charge in [-0.1, -0.05) is 30.3 Å². The number of pyridine rings is 2. The highest BCUT2D eigenvalue weighted by atomic mass is 19.1. The van der Waals surface area contributed by atoms with Crippen LogP contribution in [0.5, 0.6) is 0 Å². The van der Waals surface area contributed by atoms with Crippen LogP contribution in [-0.4, -0.2) is 33.1 Å². The van der Waals surface area contributed by atoms with Crippen LogP contribution in [0.1, 0.15) is 22.8 Å². The molecule has 0 bridgehead atoms. The second-order valence-corrected chi connectivity index (χ2v) is 7.74. The number of benzene rings is 2. The second-order valence-electron chi connectivity index (χ2n) is 7.74. The number of likely N-dealkylation sites (N-methyl/N-ethyl adjacent to an activating group) is 1. The number of hydrogen-bond donors (Lipinski definition) is 1. The van der Waals surface area contributed by atoms with Crippen LogP contribution < -0.4 is 5.56 Å². The minimum atomic E-state index is -0.653. The molecule has 1 N–H and O–H groups in total. The zero-order valence-corrected chi connectivity index (χ0v) is 17.3. The third-order valence-corrected chi connectivity index (χ3v) is 5.33. The van der Waals surface area contributed by atoms with Crippen molar-refractivity contribution in [3.05, 3.63) is 112 Å². The number of aliphatic hydroxyl groups is 1. The molecule has 4 rings (SSSR count). The molecule has 0 saturated carbocycles. The summed E-state index contributed by atoms with van der Waals surface area (Å²) in [5.41, 5.74) is 2.72. The van der Waals surface area contributed by atoms with E-state index in [1.54, 1.807) is 23.0 Å². The molecule has 0 fully saturated rings. The zero-order chi connectivity index (χ0) is 21.8. The van der Waals surface area contributed by atoms with Gasteiger partial charge >= 0.3 is 0 Å². The lowest BCUT2D eigenvalue weighted by Gasteiger charge is -2.21. The molecule has 0 aliphatic heterocycles. The van der Waals surface area contributed by atoms with Gasteiger partial charge in [0.1, 0.15) is 5.82 Å². The fourth-order valence-corrected chi connectivity index (χ4v) is 3.78. The van der Waals surface area contributed by atoms with Gasteiger partial charge in [-0.05, 0) is 60.0 Å². The van der Waals surface area contributed by atoms with Crippen molar-refractivity contribution in [1.82, 2.24) is 14.5 Å². The summed E-state index contributed by atoms with van der Waals surface area (Å²) in [6.07, 6.45) is 2.69. The first kappa shape index (κ1) is 20.9. The van der Waals surface area contributed by atoms with Gasteiger partial charge in [0.2, 0.25) is 0 Å². The van der Waals surface area contributed by atoms with E-state index in [4.69, 9.17) is 0 Å². The normalized spacial score (nSPS) is 12.4. The van der Waals surface area contributed by atoms with Crippen LogP contribution in [0.2, 0.25) is 0 Å². The molecule has 4 aromatic rings. The summed E-state index contributed by atoms with van der Waals surface area (Å²) in [5, 5.41) is 11.3. The summed E-state index contributed by atoms with van der Waals surface area (Å²) >= 11 is 0. The van der Waals surface area contributed by atoms with E-state index in [-0.39, 0.29) is 11.4 Å². The summed E-state index contributed by atoms with van der Waals surface area (Å²) in [5.74, 6) is -0.383. The van der Waals surface area contributed by atoms with Gasteiger partial charge in [0, 0.05) is 31.0 Å². The number of nitrogens with zero attached hydrogens (tertiary/aromatic N) is 3. The first-order chi connectivity index (χ1) is 15.0. The highest BCUT2D eigenvalue weighted by molar-refractivity contribution is 5.79. The summed E-state index contributed by atoms with van der Waals surface area (Å²) in [4.78, 5) is 19.3. The number of aliphatic hydroxyl groups excluding tert-OH is 1. The number of halogens is 1. The molecule has 6 heteroatoms. The Bertz CT molecular complexity index is 1230. The topological polar surface area (TPSA) is 58.4 Å². The maximum atomic E-state index is 13.9. The summed E-state index contributed by atoms with van der Waals surface area (Å²) in [6, 6.07) is 19.4. The van der Waals surface area contributed by atoms with Crippen LogP contribution in [0.25, 0.3) is 10.9 Å². The Kier molecular flexibility index (Phi) is 6.21. The molecule has 31 heavy (non-hydrogen) atoms. The monoisotopic (exact) mass is 417 g/mol. The van der Waals surface area contributed by atoms with Crippen molar-refractivity contribution >= 4 is 10.9 Å². The van der Waals surface area contributed by atoms with Gasteiger partial charge in [-0.15, -0.1) is 0 Å². The van der Waals surface area contributed by atoms with E-state index < -0.39 is 6.10 Å². The van der Waals surface area contributed by atoms with E-state index in [9.17, 15) is 14.3 Å². The van der Waals surface area contributed by atoms with E-state index in [0.29, 0.717) is 30.7 Å². The Labute approximate surface area is 180 Å². The van der Waals surface area contributed by atoms with E-state index in [2.05, 4.69) is 4.98 Å². The maximum absolute atomic E-state index is 13.9. The third kappa shape index (κ3) is 4.87. The van der Waals surface area contributed by atoms with Crippen molar-refractivity contribution in [2.45, 2.75) is 19.2 Å². The lowest BCUT2D eigenvalue weighted by molar-refractivity contribution is 0.123. The number of fused-ring (bicyclic) bond motifs is 1. The van der Waals surface area contributed by atoms with E-state index in [1.165, 1.54) is 12.1 Å². The summed E-state index contributed by atoms with van der Waals surface area (Å²) < 4.78 is 15.5. The highest BCUT2D eigenvalue weighted by Crippen LogP contribution is 2.19. The largest absolute Gasteiger partial charge is 0.387 e. The predicted octanol–water partition coefficient (Wildman–Crippen LogP) is 3.75. The molecule has 2 aromatic heterocycles. The van der Waals surface area contributed by atoms with E-state index in [1.807, 2.05) is 60.5 Å². The van der Waals surface area contributed by atoms with Crippen LogP contribution in [0.15, 0.2) is 83.9 Å². The van der Waals surface area contributed by atoms with Crippen molar-refractivity contribution in [1.29, 1.82) is 0 Å². The average Bonchev–Trinajstić information content (AvgIpc) is 2.78. The highest BCUT2D eigenvalue weighted by Gasteiger charge is 2.15. The lowest BCUT2D eigenvalue weighted by Crippen LogP contribution is -2.31. The standard InChI is InChI=1S/C25H24FN3O2/c1-28(17-24(30)19-5-3-2-4-6-19)16-21-13-20-7-8-22(26)14-23(20)29(25(21)31)15-18-9-11-27-12-10-18/h2-14,24,30H,15-17H2,1H3. The first-order valence-electron chi connectivity index (χ1n) is 10.1. The van der Waals surface area contributed by atoms with Crippen molar-refractivity contribution in [2.24, 2.45) is 0 Å². The van der Waals surface area contributed by atoms with Gasteiger partial charge in [0.05, 0.1) is 18.2 Å². The molecule has 0 aliphatic carbocycles. The molecule has 2 heterocycles. The number of aromatic nitrogens is 2. The molecule has 0 spiro atoms. The molecule has 0 aliphatic rings. The molecular formula is C25H24FN3O2. The van der Waals surface area contributed by atoms with Gasteiger partial charge < -0.3 is 9.67 Å². The Morgan fingerprint density at radius 3 is 2.55 bits per heavy atom. The van der Waals surface area contributed by atoms with Crippen LogP contribution >= 0.6 is 0 Å².